The van der Waals surface area contributed by atoms with Crippen molar-refractivity contribution in [2.24, 2.45) is 0 Å². The molecule has 0 N–H and O–H groups in total. The molecule has 1 amide bonds. The van der Waals surface area contributed by atoms with Crippen LogP contribution in [0.15, 0.2) is 35.0 Å². The number of benzene rings is 1. The van der Waals surface area contributed by atoms with Crippen LogP contribution >= 0.6 is 23.1 Å². The molecule has 2 aromatic rings. The Morgan fingerprint density at radius 2 is 2.14 bits per heavy atom. The number of hydrogen-bond donors (Lipinski definition) is 0. The third-order valence-corrected chi connectivity index (χ3v) is 5.59. The summed E-state index contributed by atoms with van der Waals surface area (Å²) in [6, 6.07) is 7.78. The maximum absolute atomic E-state index is 12.2. The number of carbonyl (C=O) groups excluding carboxylic acids is 1. The standard InChI is InChI=1S/C16H17NO3S2/c1-19-13-4-3-11(14(7-13)20-2)8-17-15(18)10-22-16(17)12-5-6-21-9-12/h3-7,9,16H,8,10H2,1-2H3. The quantitative estimate of drug-likeness (QED) is 0.838. The highest BCUT2D eigenvalue weighted by atomic mass is 32.2. The van der Waals surface area contributed by atoms with Crippen LogP contribution in [0.4, 0.5) is 0 Å². The van der Waals surface area contributed by atoms with Gasteiger partial charge in [0.2, 0.25) is 5.91 Å². The fraction of sp³-hybridized carbons (Fsp3) is 0.312. The summed E-state index contributed by atoms with van der Waals surface area (Å²) >= 11 is 3.33. The van der Waals surface area contributed by atoms with Gasteiger partial charge in [-0.15, -0.1) is 11.8 Å². The topological polar surface area (TPSA) is 38.8 Å². The van der Waals surface area contributed by atoms with Gasteiger partial charge in [-0.2, -0.15) is 11.3 Å². The van der Waals surface area contributed by atoms with Crippen molar-refractivity contribution in [1.82, 2.24) is 4.90 Å². The molecule has 1 aromatic carbocycles. The van der Waals surface area contributed by atoms with Gasteiger partial charge >= 0.3 is 0 Å². The van der Waals surface area contributed by atoms with E-state index in [4.69, 9.17) is 9.47 Å². The van der Waals surface area contributed by atoms with Crippen LogP contribution in [0.2, 0.25) is 0 Å². The second-order valence-electron chi connectivity index (χ2n) is 4.92. The lowest BCUT2D eigenvalue weighted by atomic mass is 10.1. The third kappa shape index (κ3) is 2.94. The lowest BCUT2D eigenvalue weighted by Gasteiger charge is -2.24. The molecule has 0 saturated carbocycles. The van der Waals surface area contributed by atoms with E-state index in [2.05, 4.69) is 11.4 Å². The fourth-order valence-electron chi connectivity index (χ4n) is 2.48. The Kier molecular flexibility index (Phi) is 4.59. The van der Waals surface area contributed by atoms with Crippen LogP contribution in [0, 0.1) is 0 Å². The second-order valence-corrected chi connectivity index (χ2v) is 6.77. The number of hydrogen-bond acceptors (Lipinski definition) is 5. The highest BCUT2D eigenvalue weighted by Gasteiger charge is 2.33. The summed E-state index contributed by atoms with van der Waals surface area (Å²) in [5.41, 5.74) is 2.17. The van der Waals surface area contributed by atoms with E-state index in [1.165, 1.54) is 5.56 Å². The molecule has 1 atom stereocenters. The molecule has 1 aliphatic rings. The molecule has 1 unspecified atom stereocenters. The molecule has 1 aliphatic heterocycles. The van der Waals surface area contributed by atoms with Gasteiger partial charge in [-0.1, -0.05) is 0 Å². The number of thiophene rings is 1. The zero-order chi connectivity index (χ0) is 15.5. The summed E-state index contributed by atoms with van der Waals surface area (Å²) in [5.74, 6) is 2.18. The Balaban J connectivity index is 1.86. The van der Waals surface area contributed by atoms with E-state index in [0.717, 1.165) is 17.1 Å². The number of rotatable bonds is 5. The molecule has 22 heavy (non-hydrogen) atoms. The molecule has 0 bridgehead atoms. The van der Waals surface area contributed by atoms with Gasteiger partial charge in [0.25, 0.3) is 0 Å². The average molecular weight is 335 g/mol. The van der Waals surface area contributed by atoms with Crippen LogP contribution in [-0.2, 0) is 11.3 Å². The summed E-state index contributed by atoms with van der Waals surface area (Å²) in [6.45, 7) is 0.541. The summed E-state index contributed by atoms with van der Waals surface area (Å²) in [4.78, 5) is 14.2. The monoisotopic (exact) mass is 335 g/mol. The molecule has 0 radical (unpaired) electrons. The second kappa shape index (κ2) is 6.62. The van der Waals surface area contributed by atoms with Crippen molar-refractivity contribution < 1.29 is 14.3 Å². The van der Waals surface area contributed by atoms with Gasteiger partial charge in [0, 0.05) is 11.6 Å². The number of amides is 1. The maximum atomic E-state index is 12.2. The van der Waals surface area contributed by atoms with Gasteiger partial charge in [0.15, 0.2) is 0 Å². The van der Waals surface area contributed by atoms with E-state index in [9.17, 15) is 4.79 Å². The van der Waals surface area contributed by atoms with Gasteiger partial charge in [-0.3, -0.25) is 4.79 Å². The van der Waals surface area contributed by atoms with Crippen LogP contribution in [0.1, 0.15) is 16.5 Å². The molecule has 3 rings (SSSR count). The van der Waals surface area contributed by atoms with E-state index < -0.39 is 0 Å². The van der Waals surface area contributed by atoms with Crippen molar-refractivity contribution in [3.8, 4) is 11.5 Å². The van der Waals surface area contributed by atoms with Crippen molar-refractivity contribution in [3.63, 3.8) is 0 Å². The van der Waals surface area contributed by atoms with E-state index in [1.54, 1.807) is 37.3 Å². The summed E-state index contributed by atoms with van der Waals surface area (Å²) < 4.78 is 10.7. The molecule has 0 aliphatic carbocycles. The van der Waals surface area contributed by atoms with Gasteiger partial charge in [0.05, 0.1) is 26.5 Å². The predicted octanol–water partition coefficient (Wildman–Crippen LogP) is 3.54. The molecule has 1 fully saturated rings. The molecular weight excluding hydrogens is 318 g/mol. The molecule has 1 saturated heterocycles. The van der Waals surface area contributed by atoms with Crippen LogP contribution in [0.3, 0.4) is 0 Å². The SMILES string of the molecule is COc1ccc(CN2C(=O)CSC2c2ccsc2)c(OC)c1. The smallest absolute Gasteiger partial charge is 0.234 e. The van der Waals surface area contributed by atoms with Crippen LogP contribution in [-0.4, -0.2) is 30.8 Å². The molecule has 6 heteroatoms. The van der Waals surface area contributed by atoms with Crippen molar-refractivity contribution in [3.05, 3.63) is 46.2 Å². The zero-order valence-corrected chi connectivity index (χ0v) is 14.1. The number of nitrogens with zero attached hydrogens (tertiary/aromatic N) is 1. The number of carbonyl (C=O) groups is 1. The number of methoxy groups -OCH3 is 2. The molecule has 116 valence electrons. The molecule has 0 spiro atoms. The van der Waals surface area contributed by atoms with E-state index in [0.29, 0.717) is 12.3 Å². The third-order valence-electron chi connectivity index (χ3n) is 3.63. The molecule has 4 nitrogen and oxygen atoms in total. The first-order chi connectivity index (χ1) is 10.7. The van der Waals surface area contributed by atoms with Crippen LogP contribution < -0.4 is 9.47 Å². The van der Waals surface area contributed by atoms with E-state index in [1.807, 2.05) is 28.5 Å². The van der Waals surface area contributed by atoms with Crippen LogP contribution in [0.25, 0.3) is 0 Å². The van der Waals surface area contributed by atoms with E-state index in [-0.39, 0.29) is 11.3 Å². The van der Waals surface area contributed by atoms with Crippen molar-refractivity contribution in [2.75, 3.05) is 20.0 Å². The number of thioether (sulfide) groups is 1. The maximum Gasteiger partial charge on any atom is 0.234 e. The normalized spacial score (nSPS) is 17.8. The first-order valence-corrected chi connectivity index (χ1v) is 8.86. The minimum Gasteiger partial charge on any atom is -0.497 e. The van der Waals surface area contributed by atoms with Gasteiger partial charge in [0.1, 0.15) is 16.9 Å². The van der Waals surface area contributed by atoms with Gasteiger partial charge in [-0.05, 0) is 34.5 Å². The van der Waals surface area contributed by atoms with Crippen molar-refractivity contribution in [2.45, 2.75) is 11.9 Å². The molecule has 1 aromatic heterocycles. The van der Waals surface area contributed by atoms with Gasteiger partial charge < -0.3 is 14.4 Å². The van der Waals surface area contributed by atoms with E-state index >= 15 is 0 Å². The predicted molar refractivity (Wildman–Crippen MR) is 89.6 cm³/mol. The van der Waals surface area contributed by atoms with Crippen molar-refractivity contribution in [1.29, 1.82) is 0 Å². The minimum atomic E-state index is 0.0885. The Bertz CT molecular complexity index is 657. The number of ether oxygens (including phenoxy) is 2. The summed E-state index contributed by atoms with van der Waals surface area (Å²) in [7, 11) is 3.26. The zero-order valence-electron chi connectivity index (χ0n) is 12.4. The highest BCUT2D eigenvalue weighted by Crippen LogP contribution is 2.41. The minimum absolute atomic E-state index is 0.0885. The van der Waals surface area contributed by atoms with Crippen LogP contribution in [0.5, 0.6) is 11.5 Å². The highest BCUT2D eigenvalue weighted by molar-refractivity contribution is 8.00. The summed E-state index contributed by atoms with van der Waals surface area (Å²) in [5, 5.41) is 4.24. The Morgan fingerprint density at radius 1 is 1.27 bits per heavy atom. The first-order valence-electron chi connectivity index (χ1n) is 6.87. The largest absolute Gasteiger partial charge is 0.497 e. The Morgan fingerprint density at radius 3 is 2.82 bits per heavy atom. The molecule has 2 heterocycles. The Hall–Kier alpha value is -1.66. The Labute approximate surface area is 138 Å². The fourth-order valence-corrected chi connectivity index (χ4v) is 4.43. The lowest BCUT2D eigenvalue weighted by molar-refractivity contribution is -0.128. The summed E-state index contributed by atoms with van der Waals surface area (Å²) in [6.07, 6.45) is 0. The average Bonchev–Trinajstić information content (AvgIpc) is 3.18. The van der Waals surface area contributed by atoms with Gasteiger partial charge in [-0.25, -0.2) is 0 Å². The lowest BCUT2D eigenvalue weighted by Crippen LogP contribution is -2.27. The molecular formula is C16H17NO3S2. The van der Waals surface area contributed by atoms with Crippen molar-refractivity contribution >= 4 is 29.0 Å². The first kappa shape index (κ1) is 15.2.